The number of nitrogens with one attached hydrogen (secondary N) is 1. The average Bonchev–Trinajstić information content (AvgIpc) is 2.82. The van der Waals surface area contributed by atoms with Gasteiger partial charge in [-0.15, -0.1) is 11.3 Å². The molecule has 0 unspecified atom stereocenters. The van der Waals surface area contributed by atoms with E-state index in [4.69, 9.17) is 27.5 Å². The maximum Gasteiger partial charge on any atom is 0.224 e. The first-order valence-corrected chi connectivity index (χ1v) is 6.12. The Hall–Kier alpha value is -1.59. The molecule has 0 aliphatic heterocycles. The fourth-order valence-electron chi connectivity index (χ4n) is 1.31. The van der Waals surface area contributed by atoms with Crippen LogP contribution in [0.5, 0.6) is 5.88 Å². The third-order valence-corrected chi connectivity index (χ3v) is 3.11. The molecule has 88 valence electrons. The SMILES string of the molecule is N=Cc1cc(Cl)c(COc2cscn2)cc1N. The molecule has 0 bridgehead atoms. The van der Waals surface area contributed by atoms with Crippen LogP contribution in [0.2, 0.25) is 5.02 Å². The van der Waals surface area contributed by atoms with Gasteiger partial charge in [0.05, 0.1) is 10.9 Å². The van der Waals surface area contributed by atoms with E-state index in [0.29, 0.717) is 28.8 Å². The van der Waals surface area contributed by atoms with Crippen molar-refractivity contribution < 1.29 is 4.74 Å². The maximum atomic E-state index is 7.16. The quantitative estimate of drug-likeness (QED) is 0.661. The summed E-state index contributed by atoms with van der Waals surface area (Å²) < 4.78 is 5.44. The van der Waals surface area contributed by atoms with Crippen LogP contribution in [-0.2, 0) is 6.61 Å². The Bertz CT molecular complexity index is 528. The molecule has 2 rings (SSSR count). The van der Waals surface area contributed by atoms with Gasteiger partial charge in [-0.1, -0.05) is 11.6 Å². The van der Waals surface area contributed by atoms with E-state index in [0.717, 1.165) is 5.56 Å². The van der Waals surface area contributed by atoms with Gasteiger partial charge >= 0.3 is 0 Å². The van der Waals surface area contributed by atoms with Crippen molar-refractivity contribution in [3.63, 3.8) is 0 Å². The summed E-state index contributed by atoms with van der Waals surface area (Å²) in [6.45, 7) is 0.311. The first-order chi connectivity index (χ1) is 8.20. The number of ether oxygens (including phenoxy) is 1. The fourth-order valence-corrected chi connectivity index (χ4v) is 2.01. The molecule has 0 amide bonds. The van der Waals surface area contributed by atoms with Gasteiger partial charge in [-0.3, -0.25) is 0 Å². The van der Waals surface area contributed by atoms with Crippen molar-refractivity contribution in [2.45, 2.75) is 6.61 Å². The van der Waals surface area contributed by atoms with E-state index in [9.17, 15) is 0 Å². The van der Waals surface area contributed by atoms with Crippen molar-refractivity contribution in [2.75, 3.05) is 5.73 Å². The minimum Gasteiger partial charge on any atom is -0.472 e. The van der Waals surface area contributed by atoms with Crippen molar-refractivity contribution >= 4 is 34.8 Å². The number of rotatable bonds is 4. The standard InChI is InChI=1S/C11H10ClN3OS/c12-9-1-7(3-13)10(14)2-8(9)4-16-11-5-17-6-15-11/h1-3,5-6,13H,4,14H2. The maximum absolute atomic E-state index is 7.16. The number of halogens is 1. The number of nitrogens with two attached hydrogens (primary N) is 1. The molecule has 17 heavy (non-hydrogen) atoms. The summed E-state index contributed by atoms with van der Waals surface area (Å²) in [6, 6.07) is 3.37. The number of aromatic nitrogens is 1. The van der Waals surface area contributed by atoms with Crippen molar-refractivity contribution in [3.05, 3.63) is 39.2 Å². The largest absolute Gasteiger partial charge is 0.472 e. The van der Waals surface area contributed by atoms with Crippen molar-refractivity contribution in [1.29, 1.82) is 5.41 Å². The van der Waals surface area contributed by atoms with E-state index in [-0.39, 0.29) is 0 Å². The summed E-state index contributed by atoms with van der Waals surface area (Å²) in [6.07, 6.45) is 1.17. The number of nitrogens with zero attached hydrogens (tertiary/aromatic N) is 1. The van der Waals surface area contributed by atoms with Crippen molar-refractivity contribution in [3.8, 4) is 5.88 Å². The molecule has 2 aromatic rings. The van der Waals surface area contributed by atoms with E-state index in [1.54, 1.807) is 17.6 Å². The number of benzene rings is 1. The number of hydrogen-bond acceptors (Lipinski definition) is 5. The van der Waals surface area contributed by atoms with Gasteiger partial charge in [0.1, 0.15) is 6.61 Å². The van der Waals surface area contributed by atoms with Crippen LogP contribution in [0.3, 0.4) is 0 Å². The molecular formula is C11H10ClN3OS. The lowest BCUT2D eigenvalue weighted by Crippen LogP contribution is -2.00. The van der Waals surface area contributed by atoms with Crippen molar-refractivity contribution in [2.24, 2.45) is 0 Å². The van der Waals surface area contributed by atoms with Crippen LogP contribution < -0.4 is 10.5 Å². The number of anilines is 1. The molecule has 0 spiro atoms. The molecule has 3 N–H and O–H groups in total. The Balaban J connectivity index is 2.16. The Labute approximate surface area is 108 Å². The lowest BCUT2D eigenvalue weighted by Gasteiger charge is -2.08. The smallest absolute Gasteiger partial charge is 0.224 e. The molecule has 0 saturated carbocycles. The Kier molecular flexibility index (Phi) is 3.61. The van der Waals surface area contributed by atoms with Gasteiger partial charge in [-0.2, -0.15) is 0 Å². The van der Waals surface area contributed by atoms with Gasteiger partial charge in [0, 0.05) is 28.1 Å². The molecule has 0 saturated heterocycles. The number of nitrogen functional groups attached to an aromatic ring is 1. The van der Waals surface area contributed by atoms with Crippen LogP contribution in [-0.4, -0.2) is 11.2 Å². The molecule has 0 aliphatic carbocycles. The predicted molar refractivity (Wildman–Crippen MR) is 70.2 cm³/mol. The summed E-state index contributed by atoms with van der Waals surface area (Å²) in [4.78, 5) is 4.00. The van der Waals surface area contributed by atoms with E-state index < -0.39 is 0 Å². The second-order valence-electron chi connectivity index (χ2n) is 3.33. The Morgan fingerprint density at radius 3 is 3.00 bits per heavy atom. The molecule has 6 heteroatoms. The lowest BCUT2D eigenvalue weighted by molar-refractivity contribution is 0.296. The Morgan fingerprint density at radius 2 is 2.35 bits per heavy atom. The molecular weight excluding hydrogens is 258 g/mol. The third-order valence-electron chi connectivity index (χ3n) is 2.19. The summed E-state index contributed by atoms with van der Waals surface area (Å²) in [5.74, 6) is 0.570. The highest BCUT2D eigenvalue weighted by atomic mass is 35.5. The fraction of sp³-hybridized carbons (Fsp3) is 0.0909. The van der Waals surface area contributed by atoms with Crippen LogP contribution >= 0.6 is 22.9 Å². The monoisotopic (exact) mass is 267 g/mol. The van der Waals surface area contributed by atoms with Gasteiger partial charge in [-0.25, -0.2) is 4.98 Å². The molecule has 4 nitrogen and oxygen atoms in total. The highest BCUT2D eigenvalue weighted by Crippen LogP contribution is 2.24. The molecule has 1 aromatic heterocycles. The zero-order valence-electron chi connectivity index (χ0n) is 8.81. The second kappa shape index (κ2) is 5.16. The zero-order chi connectivity index (χ0) is 12.3. The third kappa shape index (κ3) is 2.75. The summed E-state index contributed by atoms with van der Waals surface area (Å²) >= 11 is 7.53. The Morgan fingerprint density at radius 1 is 1.53 bits per heavy atom. The molecule has 0 aliphatic rings. The highest BCUT2D eigenvalue weighted by Gasteiger charge is 2.06. The highest BCUT2D eigenvalue weighted by molar-refractivity contribution is 7.07. The minimum atomic E-state index is 0.311. The van der Waals surface area contributed by atoms with Crippen LogP contribution in [0.25, 0.3) is 0 Å². The second-order valence-corrected chi connectivity index (χ2v) is 4.46. The van der Waals surface area contributed by atoms with Crippen LogP contribution in [0, 0.1) is 5.41 Å². The molecule has 0 radical (unpaired) electrons. The van der Waals surface area contributed by atoms with Crippen LogP contribution in [0.4, 0.5) is 5.69 Å². The first kappa shape index (κ1) is 11.9. The summed E-state index contributed by atoms with van der Waals surface area (Å²) in [7, 11) is 0. The summed E-state index contributed by atoms with van der Waals surface area (Å²) in [5.41, 5.74) is 9.37. The summed E-state index contributed by atoms with van der Waals surface area (Å²) in [5, 5.41) is 9.51. The lowest BCUT2D eigenvalue weighted by atomic mass is 10.1. The van der Waals surface area contributed by atoms with E-state index in [1.165, 1.54) is 17.6 Å². The van der Waals surface area contributed by atoms with Crippen molar-refractivity contribution in [1.82, 2.24) is 4.98 Å². The topological polar surface area (TPSA) is 72.0 Å². The molecule has 0 fully saturated rings. The van der Waals surface area contributed by atoms with Gasteiger partial charge in [0.25, 0.3) is 0 Å². The normalized spacial score (nSPS) is 10.2. The van der Waals surface area contributed by atoms with E-state index >= 15 is 0 Å². The molecule has 0 atom stereocenters. The van der Waals surface area contributed by atoms with Gasteiger partial charge < -0.3 is 15.9 Å². The van der Waals surface area contributed by atoms with E-state index in [2.05, 4.69) is 4.98 Å². The predicted octanol–water partition coefficient (Wildman–Crippen LogP) is 2.96. The first-order valence-electron chi connectivity index (χ1n) is 4.80. The minimum absolute atomic E-state index is 0.311. The number of hydrogen-bond donors (Lipinski definition) is 2. The van der Waals surface area contributed by atoms with Gasteiger partial charge in [0.15, 0.2) is 0 Å². The van der Waals surface area contributed by atoms with Crippen LogP contribution in [0.15, 0.2) is 23.0 Å². The van der Waals surface area contributed by atoms with Crippen LogP contribution in [0.1, 0.15) is 11.1 Å². The van der Waals surface area contributed by atoms with Gasteiger partial charge in [-0.05, 0) is 12.1 Å². The molecule has 1 aromatic carbocycles. The van der Waals surface area contributed by atoms with Gasteiger partial charge in [0.2, 0.25) is 5.88 Å². The molecule has 1 heterocycles. The zero-order valence-corrected chi connectivity index (χ0v) is 10.4. The van der Waals surface area contributed by atoms with E-state index in [1.807, 2.05) is 5.38 Å². The average molecular weight is 268 g/mol. The number of thiazole rings is 1.